The first-order chi connectivity index (χ1) is 8.83. The molecule has 0 aromatic carbocycles. The predicted octanol–water partition coefficient (Wildman–Crippen LogP) is 2.96. The predicted molar refractivity (Wildman–Crippen MR) is 77.9 cm³/mol. The zero-order valence-corrected chi connectivity index (χ0v) is 12.2. The van der Waals surface area contributed by atoms with Crippen LogP contribution in [0.25, 0.3) is 0 Å². The molecule has 1 aromatic rings. The molecule has 4 heteroatoms. The summed E-state index contributed by atoms with van der Waals surface area (Å²) in [6, 6.07) is 5.63. The van der Waals surface area contributed by atoms with Crippen molar-refractivity contribution in [3.63, 3.8) is 0 Å². The van der Waals surface area contributed by atoms with Crippen molar-refractivity contribution in [1.29, 1.82) is 0 Å². The van der Waals surface area contributed by atoms with Gasteiger partial charge in [-0.3, -0.25) is 0 Å². The Kier molecular flexibility index (Phi) is 3.85. The van der Waals surface area contributed by atoms with Gasteiger partial charge < -0.3 is 10.2 Å². The molecule has 1 saturated carbocycles. The van der Waals surface area contributed by atoms with E-state index in [9.17, 15) is 0 Å². The van der Waals surface area contributed by atoms with Gasteiger partial charge in [-0.25, -0.2) is 4.98 Å². The summed E-state index contributed by atoms with van der Waals surface area (Å²) < 4.78 is 1.05. The molecular formula is C14H20BrN3. The molecule has 0 amide bonds. The maximum absolute atomic E-state index is 4.55. The monoisotopic (exact) mass is 309 g/mol. The molecule has 1 saturated heterocycles. The summed E-state index contributed by atoms with van der Waals surface area (Å²) in [4.78, 5) is 7.02. The normalized spacial score (nSPS) is 24.3. The number of hydrogen-bond donors (Lipinski definition) is 1. The highest BCUT2D eigenvalue weighted by Crippen LogP contribution is 2.25. The second kappa shape index (κ2) is 5.57. The van der Waals surface area contributed by atoms with Gasteiger partial charge in [0, 0.05) is 35.8 Å². The smallest absolute Gasteiger partial charge is 0.128 e. The van der Waals surface area contributed by atoms with E-state index < -0.39 is 0 Å². The third kappa shape index (κ3) is 3.04. The van der Waals surface area contributed by atoms with Gasteiger partial charge in [0.25, 0.3) is 0 Å². The molecule has 2 fully saturated rings. The number of pyridine rings is 1. The average molecular weight is 310 g/mol. The number of nitrogens with zero attached hydrogens (tertiary/aromatic N) is 2. The van der Waals surface area contributed by atoms with Gasteiger partial charge >= 0.3 is 0 Å². The molecule has 3 nitrogen and oxygen atoms in total. The van der Waals surface area contributed by atoms with Crippen molar-refractivity contribution >= 4 is 21.7 Å². The number of aromatic nitrogens is 1. The van der Waals surface area contributed by atoms with Crippen molar-refractivity contribution in [1.82, 2.24) is 10.3 Å². The van der Waals surface area contributed by atoms with E-state index in [1.54, 1.807) is 0 Å². The van der Waals surface area contributed by atoms with Crippen LogP contribution in [0, 0.1) is 0 Å². The Labute approximate surface area is 117 Å². The summed E-state index contributed by atoms with van der Waals surface area (Å²) >= 11 is 3.45. The number of halogens is 1. The molecular weight excluding hydrogens is 290 g/mol. The van der Waals surface area contributed by atoms with Crippen LogP contribution in [0.2, 0.25) is 0 Å². The highest BCUT2D eigenvalue weighted by molar-refractivity contribution is 9.10. The van der Waals surface area contributed by atoms with Crippen LogP contribution in [-0.2, 0) is 0 Å². The lowest BCUT2D eigenvalue weighted by Gasteiger charge is -2.37. The number of hydrogen-bond acceptors (Lipinski definition) is 3. The van der Waals surface area contributed by atoms with Gasteiger partial charge in [0.1, 0.15) is 5.82 Å². The van der Waals surface area contributed by atoms with Crippen molar-refractivity contribution in [2.75, 3.05) is 18.0 Å². The summed E-state index contributed by atoms with van der Waals surface area (Å²) in [6.45, 7) is 2.26. The van der Waals surface area contributed by atoms with Gasteiger partial charge in [0.2, 0.25) is 0 Å². The van der Waals surface area contributed by atoms with E-state index in [0.29, 0.717) is 6.04 Å². The van der Waals surface area contributed by atoms with Crippen molar-refractivity contribution in [2.45, 2.75) is 44.2 Å². The second-order valence-corrected chi connectivity index (χ2v) is 6.28. The van der Waals surface area contributed by atoms with Crippen LogP contribution in [0.5, 0.6) is 0 Å². The third-order valence-electron chi connectivity index (χ3n) is 3.85. The van der Waals surface area contributed by atoms with E-state index >= 15 is 0 Å². The average Bonchev–Trinajstić information content (AvgIpc) is 3.22. The zero-order chi connectivity index (χ0) is 12.4. The Morgan fingerprint density at radius 3 is 2.89 bits per heavy atom. The first-order valence-corrected chi connectivity index (χ1v) is 7.74. The van der Waals surface area contributed by atoms with E-state index in [2.05, 4.69) is 43.3 Å². The SMILES string of the molecule is Brc1ccc(N2CCCCC2CNC2CC2)nc1. The maximum Gasteiger partial charge on any atom is 0.128 e. The van der Waals surface area contributed by atoms with Crippen LogP contribution in [-0.4, -0.2) is 30.2 Å². The van der Waals surface area contributed by atoms with Gasteiger partial charge in [-0.05, 0) is 60.2 Å². The lowest BCUT2D eigenvalue weighted by Crippen LogP contribution is -2.46. The van der Waals surface area contributed by atoms with E-state index in [1.807, 2.05) is 6.20 Å². The van der Waals surface area contributed by atoms with Crippen LogP contribution >= 0.6 is 15.9 Å². The summed E-state index contributed by atoms with van der Waals surface area (Å²) in [6.07, 6.45) is 8.56. The molecule has 3 rings (SSSR count). The molecule has 2 heterocycles. The van der Waals surface area contributed by atoms with Gasteiger partial charge in [0.05, 0.1) is 0 Å². The molecule has 98 valence electrons. The standard InChI is InChI=1S/C14H20BrN3/c15-11-4-7-14(17-9-11)18-8-2-1-3-13(18)10-16-12-5-6-12/h4,7,9,12-13,16H,1-3,5-6,8,10H2. The van der Waals surface area contributed by atoms with E-state index in [4.69, 9.17) is 0 Å². The van der Waals surface area contributed by atoms with Crippen LogP contribution in [0.1, 0.15) is 32.1 Å². The molecule has 1 aliphatic heterocycles. The van der Waals surface area contributed by atoms with Crippen LogP contribution in [0.15, 0.2) is 22.8 Å². The van der Waals surface area contributed by atoms with Crippen molar-refractivity contribution < 1.29 is 0 Å². The number of anilines is 1. The molecule has 0 radical (unpaired) electrons. The fourth-order valence-electron chi connectivity index (χ4n) is 2.64. The Balaban J connectivity index is 1.67. The number of piperidine rings is 1. The Bertz CT molecular complexity index is 389. The highest BCUT2D eigenvalue weighted by Gasteiger charge is 2.26. The minimum absolute atomic E-state index is 0.619. The lowest BCUT2D eigenvalue weighted by atomic mass is 10.0. The molecule has 2 aliphatic rings. The summed E-state index contributed by atoms with van der Waals surface area (Å²) in [5, 5.41) is 3.66. The minimum atomic E-state index is 0.619. The van der Waals surface area contributed by atoms with Gasteiger partial charge in [-0.1, -0.05) is 0 Å². The van der Waals surface area contributed by atoms with Gasteiger partial charge in [-0.2, -0.15) is 0 Å². The molecule has 0 bridgehead atoms. The Hall–Kier alpha value is -0.610. The fraction of sp³-hybridized carbons (Fsp3) is 0.643. The van der Waals surface area contributed by atoms with Crippen LogP contribution < -0.4 is 10.2 Å². The number of rotatable bonds is 4. The Morgan fingerprint density at radius 1 is 1.28 bits per heavy atom. The van der Waals surface area contributed by atoms with Crippen LogP contribution in [0.3, 0.4) is 0 Å². The van der Waals surface area contributed by atoms with Crippen molar-refractivity contribution in [2.24, 2.45) is 0 Å². The fourth-order valence-corrected chi connectivity index (χ4v) is 2.88. The highest BCUT2D eigenvalue weighted by atomic mass is 79.9. The molecule has 1 unspecified atom stereocenters. The summed E-state index contributed by atoms with van der Waals surface area (Å²) in [7, 11) is 0. The molecule has 1 aromatic heterocycles. The maximum atomic E-state index is 4.55. The molecule has 18 heavy (non-hydrogen) atoms. The second-order valence-electron chi connectivity index (χ2n) is 5.36. The molecule has 1 aliphatic carbocycles. The molecule has 1 atom stereocenters. The quantitative estimate of drug-likeness (QED) is 0.927. The third-order valence-corrected chi connectivity index (χ3v) is 4.32. The topological polar surface area (TPSA) is 28.2 Å². The summed E-state index contributed by atoms with van der Waals surface area (Å²) in [5.74, 6) is 1.13. The summed E-state index contributed by atoms with van der Waals surface area (Å²) in [5.41, 5.74) is 0. The molecule has 1 N–H and O–H groups in total. The van der Waals surface area contributed by atoms with Crippen molar-refractivity contribution in [3.8, 4) is 0 Å². The van der Waals surface area contributed by atoms with Gasteiger partial charge in [0.15, 0.2) is 0 Å². The Morgan fingerprint density at radius 2 is 2.17 bits per heavy atom. The largest absolute Gasteiger partial charge is 0.352 e. The van der Waals surface area contributed by atoms with Crippen molar-refractivity contribution in [3.05, 3.63) is 22.8 Å². The first-order valence-electron chi connectivity index (χ1n) is 6.94. The lowest BCUT2D eigenvalue weighted by molar-refractivity contribution is 0.432. The van der Waals surface area contributed by atoms with E-state index in [-0.39, 0.29) is 0 Å². The number of nitrogens with one attached hydrogen (secondary N) is 1. The minimum Gasteiger partial charge on any atom is -0.352 e. The zero-order valence-electron chi connectivity index (χ0n) is 10.6. The van der Waals surface area contributed by atoms with E-state index in [1.165, 1.54) is 32.1 Å². The van der Waals surface area contributed by atoms with Gasteiger partial charge in [-0.15, -0.1) is 0 Å². The van der Waals surface area contributed by atoms with Crippen LogP contribution in [0.4, 0.5) is 5.82 Å². The molecule has 0 spiro atoms. The first kappa shape index (κ1) is 12.4. The van der Waals surface area contributed by atoms with E-state index in [0.717, 1.165) is 29.4 Å².